The zero-order valence-electron chi connectivity index (χ0n) is 18.7. The van der Waals surface area contributed by atoms with Gasteiger partial charge in [0.15, 0.2) is 0 Å². The van der Waals surface area contributed by atoms with Crippen molar-refractivity contribution in [3.05, 3.63) is 127 Å². The van der Waals surface area contributed by atoms with Crippen LogP contribution in [0.25, 0.3) is 44.1 Å². The summed E-state index contributed by atoms with van der Waals surface area (Å²) in [6, 6.07) is 39.0. The van der Waals surface area contributed by atoms with E-state index in [1.807, 2.05) is 72.9 Å². The second-order valence-electron chi connectivity index (χ2n) is 8.03. The molecule has 3 heterocycles. The van der Waals surface area contributed by atoms with E-state index in [-0.39, 0.29) is 20.1 Å². The molecule has 0 N–H and O–H groups in total. The zero-order valence-corrected chi connectivity index (χ0v) is 21.1. The van der Waals surface area contributed by atoms with Crippen molar-refractivity contribution in [2.75, 3.05) is 0 Å². The number of hydrogen-bond acceptors (Lipinski definition) is 3. The third-order valence-corrected chi connectivity index (χ3v) is 5.98. The first-order chi connectivity index (χ1) is 16.9. The van der Waals surface area contributed by atoms with Gasteiger partial charge in [-0.15, -0.1) is 53.6 Å². The van der Waals surface area contributed by atoms with Crippen molar-refractivity contribution in [2.45, 2.75) is 6.61 Å². The van der Waals surface area contributed by atoms with Crippen molar-refractivity contribution in [3.8, 4) is 28.3 Å². The van der Waals surface area contributed by atoms with Gasteiger partial charge >= 0.3 is 0 Å². The number of benzene rings is 4. The molecule has 0 saturated carbocycles. The van der Waals surface area contributed by atoms with E-state index in [4.69, 9.17) is 4.74 Å². The summed E-state index contributed by atoms with van der Waals surface area (Å²) >= 11 is 0. The molecule has 171 valence electrons. The Morgan fingerprint density at radius 2 is 1.43 bits per heavy atom. The van der Waals surface area contributed by atoms with Crippen LogP contribution in [-0.4, -0.2) is 9.97 Å². The van der Waals surface area contributed by atoms with Crippen LogP contribution in [0.15, 0.2) is 109 Å². The Morgan fingerprint density at radius 3 is 2.29 bits per heavy atom. The number of hydrogen-bond donors (Lipinski definition) is 0. The normalized spacial score (nSPS) is 11.3. The maximum Gasteiger partial charge on any atom is 0.103 e. The number of fused-ring (bicyclic) bond motifs is 6. The second-order valence-corrected chi connectivity index (χ2v) is 8.03. The average molecular weight is 629 g/mol. The van der Waals surface area contributed by atoms with Gasteiger partial charge in [-0.1, -0.05) is 64.9 Å². The van der Waals surface area contributed by atoms with Crippen LogP contribution in [0.3, 0.4) is 0 Å². The van der Waals surface area contributed by atoms with Gasteiger partial charge in [-0.25, -0.2) is 0 Å². The van der Waals surface area contributed by atoms with E-state index < -0.39 is 0 Å². The zero-order chi connectivity index (χ0) is 22.7. The van der Waals surface area contributed by atoms with Crippen LogP contribution in [0.2, 0.25) is 0 Å². The molecule has 0 saturated heterocycles. The molecule has 0 amide bonds. The van der Waals surface area contributed by atoms with Crippen LogP contribution in [-0.2, 0) is 26.7 Å². The Kier molecular flexibility index (Phi) is 6.67. The van der Waals surface area contributed by atoms with Crippen LogP contribution in [0.5, 0.6) is 5.75 Å². The van der Waals surface area contributed by atoms with Crippen molar-refractivity contribution in [1.82, 2.24) is 9.97 Å². The van der Waals surface area contributed by atoms with E-state index in [0.717, 1.165) is 28.3 Å². The van der Waals surface area contributed by atoms with Crippen LogP contribution < -0.4 is 4.74 Å². The molecule has 0 bridgehead atoms. The maximum absolute atomic E-state index is 5.78. The van der Waals surface area contributed by atoms with Crippen LogP contribution in [0, 0.1) is 12.1 Å². The number of nitrogens with zero attached hydrogens (tertiary/aromatic N) is 2. The van der Waals surface area contributed by atoms with Crippen molar-refractivity contribution in [3.63, 3.8) is 0 Å². The van der Waals surface area contributed by atoms with Gasteiger partial charge in [0, 0.05) is 38.2 Å². The molecular formula is C31H20IrN2O-2. The maximum atomic E-state index is 5.78. The molecule has 35 heavy (non-hydrogen) atoms. The summed E-state index contributed by atoms with van der Waals surface area (Å²) in [4.78, 5) is 8.86. The summed E-state index contributed by atoms with van der Waals surface area (Å²) in [5, 5.41) is 4.80. The van der Waals surface area contributed by atoms with Gasteiger partial charge in [-0.2, -0.15) is 0 Å². The minimum absolute atomic E-state index is 0. The minimum Gasteiger partial charge on any atom is -0.506 e. The molecule has 0 atom stereocenters. The molecule has 6 aromatic rings. The molecule has 0 unspecified atom stereocenters. The molecule has 1 aliphatic heterocycles. The SMILES string of the molecule is [Ir].[c-]1cc2ccccc2c2c1-c1ncccc1OC2.[c-]1ccccc1-c1nccc2ccccc12. The number of aromatic nitrogens is 2. The molecule has 0 spiro atoms. The van der Waals surface area contributed by atoms with Gasteiger partial charge in [0.1, 0.15) is 5.75 Å². The molecule has 4 aromatic carbocycles. The van der Waals surface area contributed by atoms with Gasteiger partial charge in [0.05, 0.1) is 6.61 Å². The molecule has 7 rings (SSSR count). The van der Waals surface area contributed by atoms with Gasteiger partial charge in [-0.3, -0.25) is 0 Å². The Morgan fingerprint density at radius 1 is 0.657 bits per heavy atom. The van der Waals surface area contributed by atoms with E-state index in [2.05, 4.69) is 52.4 Å². The fourth-order valence-electron chi connectivity index (χ4n) is 4.35. The number of rotatable bonds is 1. The monoisotopic (exact) mass is 629 g/mol. The standard InChI is InChI=1S/C16H10NO.C15H10N.Ir/c1-2-5-12-11(4-1)7-8-13-14(12)10-18-15-6-3-9-17-16(13)15;1-2-7-13(8-3-1)15-14-9-5-4-6-12(14)10-11-16-15;/h1-7,9H,10H2;1-7,9-11H;/q2*-1;. The molecule has 1 aliphatic rings. The van der Waals surface area contributed by atoms with Crippen LogP contribution >= 0.6 is 0 Å². The molecule has 2 aromatic heterocycles. The predicted molar refractivity (Wildman–Crippen MR) is 136 cm³/mol. The molecule has 0 aliphatic carbocycles. The largest absolute Gasteiger partial charge is 0.506 e. The topological polar surface area (TPSA) is 35.0 Å². The van der Waals surface area contributed by atoms with Gasteiger partial charge in [-0.05, 0) is 34.7 Å². The summed E-state index contributed by atoms with van der Waals surface area (Å²) in [7, 11) is 0. The van der Waals surface area contributed by atoms with Crippen molar-refractivity contribution in [2.24, 2.45) is 0 Å². The van der Waals surface area contributed by atoms with Crippen LogP contribution in [0.1, 0.15) is 5.56 Å². The summed E-state index contributed by atoms with van der Waals surface area (Å²) in [5.41, 5.74) is 5.18. The van der Waals surface area contributed by atoms with E-state index in [9.17, 15) is 0 Å². The first kappa shape index (κ1) is 22.9. The minimum atomic E-state index is 0. The first-order valence-electron chi connectivity index (χ1n) is 11.2. The quantitative estimate of drug-likeness (QED) is 0.180. The Hall–Kier alpha value is -3.85. The average Bonchev–Trinajstić information content (AvgIpc) is 2.93. The van der Waals surface area contributed by atoms with E-state index in [1.165, 1.54) is 27.1 Å². The van der Waals surface area contributed by atoms with Crippen molar-refractivity contribution >= 4 is 21.5 Å². The van der Waals surface area contributed by atoms with E-state index >= 15 is 0 Å². The smallest absolute Gasteiger partial charge is 0.103 e. The summed E-state index contributed by atoms with van der Waals surface area (Å²) < 4.78 is 5.78. The summed E-state index contributed by atoms with van der Waals surface area (Å²) in [6.45, 7) is 0.589. The molecular weight excluding hydrogens is 609 g/mol. The van der Waals surface area contributed by atoms with E-state index in [1.54, 1.807) is 6.20 Å². The van der Waals surface area contributed by atoms with Gasteiger partial charge in [0.25, 0.3) is 0 Å². The van der Waals surface area contributed by atoms with E-state index in [0.29, 0.717) is 6.61 Å². The van der Waals surface area contributed by atoms with Crippen molar-refractivity contribution in [1.29, 1.82) is 0 Å². The Bertz CT molecular complexity index is 1610. The number of ether oxygens (including phenoxy) is 1. The molecule has 3 nitrogen and oxygen atoms in total. The Balaban J connectivity index is 0.000000142. The third kappa shape index (κ3) is 4.46. The van der Waals surface area contributed by atoms with Crippen LogP contribution in [0.4, 0.5) is 0 Å². The molecule has 1 radical (unpaired) electrons. The predicted octanol–water partition coefficient (Wildman–Crippen LogP) is 7.29. The summed E-state index contributed by atoms with van der Waals surface area (Å²) in [5.74, 6) is 0.844. The first-order valence-corrected chi connectivity index (χ1v) is 11.2. The third-order valence-electron chi connectivity index (χ3n) is 5.98. The fourth-order valence-corrected chi connectivity index (χ4v) is 4.35. The van der Waals surface area contributed by atoms with Gasteiger partial charge in [0.2, 0.25) is 0 Å². The fraction of sp³-hybridized carbons (Fsp3) is 0.0323. The van der Waals surface area contributed by atoms with Gasteiger partial charge < -0.3 is 14.7 Å². The second kappa shape index (κ2) is 10.2. The molecule has 4 heteroatoms. The number of pyridine rings is 2. The Labute approximate surface area is 217 Å². The summed E-state index contributed by atoms with van der Waals surface area (Å²) in [6.07, 6.45) is 3.64. The van der Waals surface area contributed by atoms with Crippen molar-refractivity contribution < 1.29 is 24.8 Å². The molecule has 0 fully saturated rings.